The van der Waals surface area contributed by atoms with E-state index in [2.05, 4.69) is 11.4 Å². The molecule has 1 N–H and O–H groups in total. The van der Waals surface area contributed by atoms with Gasteiger partial charge in [-0.05, 0) is 49.2 Å². The maximum Gasteiger partial charge on any atom is 0.255 e. The van der Waals surface area contributed by atoms with Crippen LogP contribution in [-0.4, -0.2) is 50.1 Å². The lowest BCUT2D eigenvalue weighted by molar-refractivity contribution is 0.0910. The van der Waals surface area contributed by atoms with Crippen LogP contribution in [0.25, 0.3) is 55.8 Å². The zero-order chi connectivity index (χ0) is 33.2. The summed E-state index contributed by atoms with van der Waals surface area (Å²) in [6, 6.07) is 23.9. The number of rotatable bonds is 5. The number of sulfonamides is 1. The number of carbonyl (C=O) groups excluding carboxylic acids is 2. The Morgan fingerprint density at radius 2 is 1.81 bits per heavy atom. The highest BCUT2D eigenvalue weighted by Gasteiger charge is 2.28. The molecular weight excluding hydrogens is 614 g/mol. The Bertz CT molecular complexity index is 2450. The Morgan fingerprint density at radius 3 is 2.51 bits per heavy atom. The Labute approximate surface area is 270 Å². The average Bonchev–Trinajstić information content (AvgIpc) is 3.60. The molecular formula is C36H29N5O5S. The van der Waals surface area contributed by atoms with Crippen LogP contribution in [0.4, 0.5) is 5.69 Å². The monoisotopic (exact) mass is 643 g/mol. The first-order valence-corrected chi connectivity index (χ1v) is 16.8. The summed E-state index contributed by atoms with van der Waals surface area (Å²) in [5, 5.41) is 13.6. The molecule has 0 bridgehead atoms. The molecule has 3 aromatic carbocycles. The van der Waals surface area contributed by atoms with Gasteiger partial charge in [-0.15, -0.1) is 0 Å². The molecule has 0 unspecified atom stereocenters. The number of aryl methyl sites for hydroxylation is 2. The number of nitriles is 1. The summed E-state index contributed by atoms with van der Waals surface area (Å²) >= 11 is 0. The number of carbonyl (C=O) groups is 2. The Kier molecular flexibility index (Phi) is 6.99. The lowest BCUT2D eigenvalue weighted by Gasteiger charge is -2.21. The molecule has 1 aliphatic heterocycles. The summed E-state index contributed by atoms with van der Waals surface area (Å²) < 4.78 is 34.9. The summed E-state index contributed by atoms with van der Waals surface area (Å²) in [5.41, 5.74) is 6.60. The molecule has 0 aliphatic carbocycles. The van der Waals surface area contributed by atoms with Crippen LogP contribution in [-0.2, 0) is 16.4 Å². The molecule has 0 saturated carbocycles. The molecule has 0 fully saturated rings. The predicted molar refractivity (Wildman–Crippen MR) is 181 cm³/mol. The van der Waals surface area contributed by atoms with E-state index in [4.69, 9.17) is 9.40 Å². The summed E-state index contributed by atoms with van der Waals surface area (Å²) in [4.78, 5) is 31.8. The van der Waals surface area contributed by atoms with E-state index in [9.17, 15) is 23.3 Å². The Hall–Kier alpha value is -5.73. The maximum atomic E-state index is 13.4. The van der Waals surface area contributed by atoms with Crippen molar-refractivity contribution in [3.8, 4) is 40.0 Å². The minimum absolute atomic E-state index is 0.110. The van der Waals surface area contributed by atoms with Gasteiger partial charge < -0.3 is 9.73 Å². The van der Waals surface area contributed by atoms with E-state index in [-0.39, 0.29) is 18.2 Å². The molecule has 7 rings (SSSR count). The molecule has 234 valence electrons. The second kappa shape index (κ2) is 11.0. The third kappa shape index (κ3) is 4.85. The highest BCUT2D eigenvalue weighted by molar-refractivity contribution is 7.92. The van der Waals surface area contributed by atoms with Crippen molar-refractivity contribution < 1.29 is 22.4 Å². The van der Waals surface area contributed by atoms with Gasteiger partial charge in [0.1, 0.15) is 11.3 Å². The lowest BCUT2D eigenvalue weighted by Crippen LogP contribution is -2.25. The van der Waals surface area contributed by atoms with Crippen molar-refractivity contribution in [3.63, 3.8) is 0 Å². The topological polar surface area (TPSA) is 138 Å². The number of amides is 1. The van der Waals surface area contributed by atoms with Crippen LogP contribution in [0.1, 0.15) is 38.3 Å². The molecule has 0 radical (unpaired) electrons. The summed E-state index contributed by atoms with van der Waals surface area (Å²) in [5.74, 6) is -0.114. The van der Waals surface area contributed by atoms with Crippen LogP contribution in [0.5, 0.6) is 0 Å². The van der Waals surface area contributed by atoms with Crippen molar-refractivity contribution >= 4 is 49.4 Å². The largest absolute Gasteiger partial charge is 0.455 e. The molecule has 4 heterocycles. The fourth-order valence-electron chi connectivity index (χ4n) is 6.22. The maximum absolute atomic E-state index is 13.4. The predicted octanol–water partition coefficient (Wildman–Crippen LogP) is 6.31. The molecule has 47 heavy (non-hydrogen) atoms. The van der Waals surface area contributed by atoms with Gasteiger partial charge in [-0.3, -0.25) is 18.5 Å². The number of benzene rings is 3. The number of nitrogens with zero attached hydrogens (tertiary/aromatic N) is 4. The van der Waals surface area contributed by atoms with Crippen LogP contribution in [0.2, 0.25) is 0 Å². The van der Waals surface area contributed by atoms with Crippen LogP contribution in [0, 0.1) is 18.3 Å². The van der Waals surface area contributed by atoms with Crippen LogP contribution in [0.3, 0.4) is 0 Å². The molecule has 0 spiro atoms. The first-order chi connectivity index (χ1) is 22.5. The number of furan rings is 1. The van der Waals surface area contributed by atoms with Crippen LogP contribution >= 0.6 is 0 Å². The normalized spacial score (nSPS) is 12.8. The van der Waals surface area contributed by atoms with Gasteiger partial charge in [-0.2, -0.15) is 5.26 Å². The molecule has 0 atom stereocenters. The Balaban J connectivity index is 1.52. The quantitative estimate of drug-likeness (QED) is 0.232. The van der Waals surface area contributed by atoms with Gasteiger partial charge in [-0.1, -0.05) is 42.0 Å². The smallest absolute Gasteiger partial charge is 0.255 e. The van der Waals surface area contributed by atoms with E-state index in [1.54, 1.807) is 41.9 Å². The van der Waals surface area contributed by atoms with Gasteiger partial charge in [-0.25, -0.2) is 13.4 Å². The van der Waals surface area contributed by atoms with Gasteiger partial charge in [0.2, 0.25) is 15.9 Å². The van der Waals surface area contributed by atoms with E-state index in [1.807, 2.05) is 49.4 Å². The third-order valence-electron chi connectivity index (χ3n) is 8.73. The van der Waals surface area contributed by atoms with Crippen LogP contribution < -0.4 is 9.62 Å². The first-order valence-electron chi connectivity index (χ1n) is 14.9. The average molecular weight is 644 g/mol. The number of hydrogen-bond acceptors (Lipinski definition) is 7. The number of fused-ring (bicyclic) bond motifs is 6. The van der Waals surface area contributed by atoms with Crippen molar-refractivity contribution in [2.24, 2.45) is 0 Å². The molecule has 6 aromatic rings. The van der Waals surface area contributed by atoms with E-state index >= 15 is 0 Å². The molecule has 11 heteroatoms. The van der Waals surface area contributed by atoms with Gasteiger partial charge in [0, 0.05) is 48.5 Å². The number of pyridine rings is 1. The number of aromatic nitrogens is 2. The summed E-state index contributed by atoms with van der Waals surface area (Å²) in [6.45, 7) is 1.97. The van der Waals surface area contributed by atoms with E-state index < -0.39 is 10.0 Å². The molecule has 1 aliphatic rings. The lowest BCUT2D eigenvalue weighted by atomic mass is 9.99. The number of hydrogen-bond donors (Lipinski definition) is 1. The zero-order valence-electron chi connectivity index (χ0n) is 26.1. The fourth-order valence-corrected chi connectivity index (χ4v) is 6.73. The van der Waals surface area contributed by atoms with Gasteiger partial charge in [0.25, 0.3) is 5.91 Å². The van der Waals surface area contributed by atoms with Gasteiger partial charge in [0.05, 0.1) is 51.7 Å². The first kappa shape index (κ1) is 30.0. The molecule has 10 nitrogen and oxygen atoms in total. The van der Waals surface area contributed by atoms with E-state index in [0.717, 1.165) is 21.7 Å². The van der Waals surface area contributed by atoms with Gasteiger partial charge in [0.15, 0.2) is 0 Å². The van der Waals surface area contributed by atoms with E-state index in [1.165, 1.54) is 7.05 Å². The molecule has 1 amide bonds. The van der Waals surface area contributed by atoms with Crippen molar-refractivity contribution in [2.45, 2.75) is 19.8 Å². The second-order valence-corrected chi connectivity index (χ2v) is 13.7. The minimum atomic E-state index is -3.74. The highest BCUT2D eigenvalue weighted by Crippen LogP contribution is 2.42. The standard InChI is InChI=1S/C36H29N5O5S/c1-20-8-10-22(11-9-20)35-33(36(43)38-2)26-16-25(29(18-31(26)46-35)40(3)47(4,44)45)27-14-12-21-13-15-32(42)41-28-7-5-6-23(19-37)24(28)17-30(41)34(21)39-27/h5-12,14,16-18H,13,15H2,1-4H3,(H,38,43). The van der Waals surface area contributed by atoms with Gasteiger partial charge >= 0.3 is 0 Å². The second-order valence-electron chi connectivity index (χ2n) is 11.7. The SMILES string of the molecule is CNC(=O)c1c(-c2ccc(C)cc2)oc2cc(N(C)S(C)(=O)=O)c(-c3ccc4c(n3)-c3cc5c(C#N)cccc5n3C(=O)CC4)cc12. The zero-order valence-corrected chi connectivity index (χ0v) is 26.9. The number of nitrogens with one attached hydrogen (secondary N) is 1. The van der Waals surface area contributed by atoms with E-state index in [0.29, 0.717) is 79.1 Å². The van der Waals surface area contributed by atoms with Crippen molar-refractivity contribution in [2.75, 3.05) is 24.7 Å². The van der Waals surface area contributed by atoms with Crippen molar-refractivity contribution in [3.05, 3.63) is 95.1 Å². The molecule has 3 aromatic heterocycles. The number of anilines is 1. The van der Waals surface area contributed by atoms with Crippen molar-refractivity contribution in [1.82, 2.24) is 14.9 Å². The summed E-state index contributed by atoms with van der Waals surface area (Å²) in [6.07, 6.45) is 1.82. The fraction of sp³-hybridized carbons (Fsp3) is 0.167. The minimum Gasteiger partial charge on any atom is -0.455 e. The Morgan fingerprint density at radius 1 is 1.04 bits per heavy atom. The van der Waals surface area contributed by atoms with Crippen molar-refractivity contribution in [1.29, 1.82) is 5.26 Å². The third-order valence-corrected chi connectivity index (χ3v) is 9.92. The molecule has 0 saturated heterocycles. The summed E-state index contributed by atoms with van der Waals surface area (Å²) in [7, 11) is -0.743. The highest BCUT2D eigenvalue weighted by atomic mass is 32.2. The van der Waals surface area contributed by atoms with Crippen LogP contribution in [0.15, 0.2) is 77.2 Å².